The van der Waals surface area contributed by atoms with Crippen LogP contribution in [0.15, 0.2) is 18.2 Å². The Morgan fingerprint density at radius 3 is 2.57 bits per heavy atom. The van der Waals surface area contributed by atoms with Crippen molar-refractivity contribution in [3.63, 3.8) is 0 Å². The van der Waals surface area contributed by atoms with Crippen LogP contribution in [-0.4, -0.2) is 23.5 Å². The number of carbonyl (C=O) groups excluding carboxylic acids is 1. The molecule has 9 heteroatoms. The van der Waals surface area contributed by atoms with E-state index in [0.29, 0.717) is 12.1 Å². The summed E-state index contributed by atoms with van der Waals surface area (Å²) >= 11 is 0. The number of nitro benzene ring substituents is 1. The average molecular weight is 306 g/mol. The van der Waals surface area contributed by atoms with Crippen molar-refractivity contribution in [1.82, 2.24) is 0 Å². The smallest absolute Gasteiger partial charge is 0.369 e. The van der Waals surface area contributed by atoms with Crippen LogP contribution >= 0.6 is 0 Å². The number of nitrogens with one attached hydrogen (secondary N) is 1. The molecule has 1 rings (SSSR count). The van der Waals surface area contributed by atoms with Crippen LogP contribution in [0.1, 0.15) is 19.4 Å². The van der Waals surface area contributed by atoms with Crippen molar-refractivity contribution in [3.05, 3.63) is 33.9 Å². The first-order valence-electron chi connectivity index (χ1n) is 5.95. The van der Waals surface area contributed by atoms with Gasteiger partial charge in [-0.2, -0.15) is 13.2 Å². The topological polar surface area (TPSA) is 81.5 Å². The highest BCUT2D eigenvalue weighted by atomic mass is 19.4. The summed E-state index contributed by atoms with van der Waals surface area (Å²) in [7, 11) is 0. The van der Waals surface area contributed by atoms with Crippen molar-refractivity contribution < 1.29 is 27.6 Å². The molecule has 0 aliphatic rings. The molecule has 0 fully saturated rings. The molecule has 1 atom stereocenters. The van der Waals surface area contributed by atoms with Crippen LogP contribution in [0, 0.1) is 10.1 Å². The predicted octanol–water partition coefficient (Wildman–Crippen LogP) is 2.98. The Balaban J connectivity index is 3.06. The van der Waals surface area contributed by atoms with E-state index in [4.69, 9.17) is 4.74 Å². The lowest BCUT2D eigenvalue weighted by Crippen LogP contribution is -2.27. The van der Waals surface area contributed by atoms with E-state index >= 15 is 0 Å². The summed E-state index contributed by atoms with van der Waals surface area (Å²) in [6.45, 7) is 3.37. The van der Waals surface area contributed by atoms with Crippen LogP contribution in [0.2, 0.25) is 0 Å². The third kappa shape index (κ3) is 4.42. The van der Waals surface area contributed by atoms with Crippen LogP contribution in [0.3, 0.4) is 0 Å². The Kier molecular flexibility index (Phi) is 5.25. The minimum Gasteiger partial charge on any atom is -0.369 e. The number of carbonyl (C=O) groups is 1. The van der Waals surface area contributed by atoms with E-state index in [0.717, 1.165) is 6.07 Å². The lowest BCUT2D eigenvalue weighted by molar-refractivity contribution is -0.388. The SMILES string of the molecule is CCO[C@H](C)C(=O)Nc1ccc([N+](=O)[O-])c(C(F)(F)F)c1. The van der Waals surface area contributed by atoms with E-state index in [9.17, 15) is 28.1 Å². The Morgan fingerprint density at radius 1 is 1.48 bits per heavy atom. The molecule has 0 aliphatic heterocycles. The summed E-state index contributed by atoms with van der Waals surface area (Å²) < 4.78 is 43.3. The van der Waals surface area contributed by atoms with E-state index in [1.54, 1.807) is 6.92 Å². The zero-order valence-corrected chi connectivity index (χ0v) is 11.2. The molecule has 0 aromatic heterocycles. The minimum absolute atomic E-state index is 0.190. The van der Waals surface area contributed by atoms with Crippen molar-refractivity contribution in [2.45, 2.75) is 26.1 Å². The number of benzene rings is 1. The first kappa shape index (κ1) is 16.9. The molecule has 0 spiro atoms. The van der Waals surface area contributed by atoms with Gasteiger partial charge in [0.15, 0.2) is 0 Å². The van der Waals surface area contributed by atoms with Crippen molar-refractivity contribution in [3.8, 4) is 0 Å². The molecule has 0 saturated carbocycles. The predicted molar refractivity (Wildman–Crippen MR) is 67.8 cm³/mol. The summed E-state index contributed by atoms with van der Waals surface area (Å²) in [5, 5.41) is 12.8. The molecule has 0 aliphatic carbocycles. The lowest BCUT2D eigenvalue weighted by atomic mass is 10.1. The summed E-state index contributed by atoms with van der Waals surface area (Å²) in [6, 6.07) is 2.25. The zero-order valence-electron chi connectivity index (χ0n) is 11.2. The monoisotopic (exact) mass is 306 g/mol. The van der Waals surface area contributed by atoms with Crippen LogP contribution in [0.5, 0.6) is 0 Å². The molecular formula is C12H13F3N2O4. The number of halogens is 3. The number of nitro groups is 1. The van der Waals surface area contributed by atoms with Crippen LogP contribution < -0.4 is 5.32 Å². The number of amides is 1. The van der Waals surface area contributed by atoms with Gasteiger partial charge in [-0.25, -0.2) is 0 Å². The zero-order chi connectivity index (χ0) is 16.2. The molecule has 21 heavy (non-hydrogen) atoms. The molecule has 0 radical (unpaired) electrons. The lowest BCUT2D eigenvalue weighted by Gasteiger charge is -2.13. The molecule has 0 saturated heterocycles. The normalized spacial score (nSPS) is 12.8. The van der Waals surface area contributed by atoms with E-state index < -0.39 is 34.4 Å². The van der Waals surface area contributed by atoms with Gasteiger partial charge in [-0.15, -0.1) is 0 Å². The molecule has 1 aromatic carbocycles. The fourth-order valence-electron chi connectivity index (χ4n) is 1.57. The fraction of sp³-hybridized carbons (Fsp3) is 0.417. The molecule has 0 unspecified atom stereocenters. The van der Waals surface area contributed by atoms with Crippen molar-refractivity contribution in [2.75, 3.05) is 11.9 Å². The standard InChI is InChI=1S/C12H13F3N2O4/c1-3-21-7(2)11(18)16-8-4-5-10(17(19)20)9(6-8)12(13,14)15/h4-7H,3H2,1-2H3,(H,16,18)/t7-/m1/s1. The summed E-state index contributed by atoms with van der Waals surface area (Å²) in [5.41, 5.74) is -2.68. The molecular weight excluding hydrogens is 293 g/mol. The molecule has 1 aromatic rings. The summed E-state index contributed by atoms with van der Waals surface area (Å²) in [4.78, 5) is 21.1. The highest BCUT2D eigenvalue weighted by molar-refractivity contribution is 5.94. The highest BCUT2D eigenvalue weighted by Gasteiger charge is 2.38. The van der Waals surface area contributed by atoms with Crippen LogP contribution in [-0.2, 0) is 15.7 Å². The molecule has 1 N–H and O–H groups in total. The van der Waals surface area contributed by atoms with Gasteiger partial charge in [0, 0.05) is 18.4 Å². The third-order valence-electron chi connectivity index (χ3n) is 2.55. The second kappa shape index (κ2) is 6.53. The number of hydrogen-bond donors (Lipinski definition) is 1. The fourth-order valence-corrected chi connectivity index (χ4v) is 1.57. The Hall–Kier alpha value is -2.16. The summed E-state index contributed by atoms with van der Waals surface area (Å²) in [5.74, 6) is -0.640. The number of rotatable bonds is 5. The number of anilines is 1. The van der Waals surface area contributed by atoms with E-state index in [-0.39, 0.29) is 12.3 Å². The van der Waals surface area contributed by atoms with Crippen molar-refractivity contribution in [2.24, 2.45) is 0 Å². The first-order chi connectivity index (χ1) is 9.66. The average Bonchev–Trinajstić information content (AvgIpc) is 2.37. The number of nitrogens with zero attached hydrogens (tertiary/aromatic N) is 1. The highest BCUT2D eigenvalue weighted by Crippen LogP contribution is 2.37. The number of hydrogen-bond acceptors (Lipinski definition) is 4. The molecule has 0 heterocycles. The van der Waals surface area contributed by atoms with Gasteiger partial charge in [-0.3, -0.25) is 14.9 Å². The molecule has 116 valence electrons. The van der Waals surface area contributed by atoms with Gasteiger partial charge >= 0.3 is 6.18 Å². The van der Waals surface area contributed by atoms with Crippen LogP contribution in [0.4, 0.5) is 24.5 Å². The number of alkyl halides is 3. The van der Waals surface area contributed by atoms with E-state index in [1.165, 1.54) is 6.92 Å². The largest absolute Gasteiger partial charge is 0.423 e. The van der Waals surface area contributed by atoms with Gasteiger partial charge in [-0.05, 0) is 26.0 Å². The Bertz CT molecular complexity index is 546. The third-order valence-corrected chi connectivity index (χ3v) is 2.55. The second-order valence-corrected chi connectivity index (χ2v) is 4.07. The minimum atomic E-state index is -4.89. The van der Waals surface area contributed by atoms with Gasteiger partial charge in [0.2, 0.25) is 0 Å². The van der Waals surface area contributed by atoms with Crippen molar-refractivity contribution in [1.29, 1.82) is 0 Å². The molecule has 1 amide bonds. The quantitative estimate of drug-likeness (QED) is 0.669. The van der Waals surface area contributed by atoms with Gasteiger partial charge in [0.1, 0.15) is 11.7 Å². The maximum absolute atomic E-state index is 12.8. The van der Waals surface area contributed by atoms with Gasteiger partial charge < -0.3 is 10.1 Å². The second-order valence-electron chi connectivity index (χ2n) is 4.07. The number of ether oxygens (including phenoxy) is 1. The maximum Gasteiger partial charge on any atom is 0.423 e. The summed E-state index contributed by atoms with van der Waals surface area (Å²) in [6.07, 6.45) is -5.74. The van der Waals surface area contributed by atoms with Crippen LogP contribution in [0.25, 0.3) is 0 Å². The molecule has 6 nitrogen and oxygen atoms in total. The molecule has 0 bridgehead atoms. The van der Waals surface area contributed by atoms with Gasteiger partial charge in [0.25, 0.3) is 11.6 Å². The van der Waals surface area contributed by atoms with E-state index in [1.807, 2.05) is 0 Å². The van der Waals surface area contributed by atoms with Crippen molar-refractivity contribution >= 4 is 17.3 Å². The van der Waals surface area contributed by atoms with Gasteiger partial charge in [0.05, 0.1) is 4.92 Å². The van der Waals surface area contributed by atoms with E-state index in [2.05, 4.69) is 5.32 Å². The van der Waals surface area contributed by atoms with Gasteiger partial charge in [-0.1, -0.05) is 0 Å². The first-order valence-corrected chi connectivity index (χ1v) is 5.95. The maximum atomic E-state index is 12.8. The Labute approximate surface area is 118 Å². The Morgan fingerprint density at radius 2 is 2.10 bits per heavy atom.